The zero-order chi connectivity index (χ0) is 13.1. The molecule has 1 aromatic heterocycles. The Morgan fingerprint density at radius 2 is 2.28 bits per heavy atom. The number of aryl methyl sites for hydroxylation is 1. The van der Waals surface area contributed by atoms with Crippen LogP contribution in [0.25, 0.3) is 0 Å². The number of rotatable bonds is 4. The molecular weight excluding hydrogens is 257 g/mol. The predicted octanol–water partition coefficient (Wildman–Crippen LogP) is 2.56. The van der Waals surface area contributed by atoms with Gasteiger partial charge in [0.15, 0.2) is 0 Å². The third-order valence-electron chi connectivity index (χ3n) is 2.64. The monoisotopic (exact) mass is 269 g/mol. The summed E-state index contributed by atoms with van der Waals surface area (Å²) in [6.45, 7) is 2.59. The van der Waals surface area contributed by atoms with Gasteiger partial charge in [-0.25, -0.2) is 9.07 Å². The summed E-state index contributed by atoms with van der Waals surface area (Å²) in [5.41, 5.74) is 0.489. The zero-order valence-corrected chi connectivity index (χ0v) is 10.6. The van der Waals surface area contributed by atoms with Crippen LogP contribution in [-0.4, -0.2) is 20.1 Å². The van der Waals surface area contributed by atoms with E-state index in [2.05, 4.69) is 10.3 Å². The molecule has 0 aliphatic rings. The van der Waals surface area contributed by atoms with Crippen LogP contribution in [0.4, 0.5) is 4.39 Å². The second-order valence-electron chi connectivity index (χ2n) is 3.92. The smallest absolute Gasteiger partial charge is 0.130 e. The van der Waals surface area contributed by atoms with Crippen molar-refractivity contribution in [3.05, 3.63) is 46.5 Å². The fourth-order valence-corrected chi connectivity index (χ4v) is 2.05. The van der Waals surface area contributed by atoms with Crippen molar-refractivity contribution in [3.63, 3.8) is 0 Å². The molecule has 1 unspecified atom stereocenters. The van der Waals surface area contributed by atoms with Crippen molar-refractivity contribution in [1.82, 2.24) is 15.0 Å². The Kier molecular flexibility index (Phi) is 3.93. The van der Waals surface area contributed by atoms with Gasteiger partial charge in [0.05, 0.1) is 11.9 Å². The van der Waals surface area contributed by atoms with Crippen molar-refractivity contribution in [3.8, 4) is 0 Å². The predicted molar refractivity (Wildman–Crippen MR) is 65.8 cm³/mol. The number of hydrogen-bond acceptors (Lipinski definition) is 3. The van der Waals surface area contributed by atoms with Crippen LogP contribution in [0.1, 0.15) is 30.7 Å². The summed E-state index contributed by atoms with van der Waals surface area (Å²) in [7, 11) is 0. The average molecular weight is 270 g/mol. The number of nitrogens with zero attached hydrogens (tertiary/aromatic N) is 3. The van der Waals surface area contributed by atoms with Gasteiger partial charge in [-0.05, 0) is 18.6 Å². The van der Waals surface area contributed by atoms with E-state index in [1.165, 1.54) is 24.4 Å². The molecule has 0 saturated heterocycles. The standard InChI is InChI=1S/C12H13ClFN3O/c1-2-6-17-10(7-15-16-17)12(18)11-8(13)4-3-5-9(11)14/h3-5,7,12,18H,2,6H2,1H3. The summed E-state index contributed by atoms with van der Waals surface area (Å²) in [6.07, 6.45) is 1.09. The SMILES string of the molecule is CCCn1nncc1C(O)c1c(F)cccc1Cl. The van der Waals surface area contributed by atoms with E-state index in [1.807, 2.05) is 6.92 Å². The third-order valence-corrected chi connectivity index (χ3v) is 2.97. The van der Waals surface area contributed by atoms with Gasteiger partial charge < -0.3 is 5.11 Å². The minimum Gasteiger partial charge on any atom is -0.382 e. The highest BCUT2D eigenvalue weighted by Gasteiger charge is 2.22. The van der Waals surface area contributed by atoms with Gasteiger partial charge in [0.1, 0.15) is 11.9 Å². The van der Waals surface area contributed by atoms with E-state index in [-0.39, 0.29) is 10.6 Å². The van der Waals surface area contributed by atoms with E-state index in [0.717, 1.165) is 6.42 Å². The molecule has 1 aromatic carbocycles. The van der Waals surface area contributed by atoms with Gasteiger partial charge in [-0.1, -0.05) is 29.8 Å². The summed E-state index contributed by atoms with van der Waals surface area (Å²) in [5, 5.41) is 18.0. The molecule has 0 saturated carbocycles. The molecule has 96 valence electrons. The van der Waals surface area contributed by atoms with E-state index in [9.17, 15) is 9.50 Å². The Bertz CT molecular complexity index is 524. The molecular formula is C12H13ClFN3O. The van der Waals surface area contributed by atoms with Crippen LogP contribution in [-0.2, 0) is 6.54 Å². The first-order chi connectivity index (χ1) is 8.65. The zero-order valence-electron chi connectivity index (χ0n) is 9.85. The summed E-state index contributed by atoms with van der Waals surface area (Å²) in [4.78, 5) is 0. The molecule has 0 radical (unpaired) electrons. The molecule has 0 spiro atoms. The molecule has 1 atom stereocenters. The average Bonchev–Trinajstić information content (AvgIpc) is 2.77. The number of aliphatic hydroxyl groups is 1. The highest BCUT2D eigenvalue weighted by atomic mass is 35.5. The van der Waals surface area contributed by atoms with Crippen molar-refractivity contribution in [2.24, 2.45) is 0 Å². The highest BCUT2D eigenvalue weighted by Crippen LogP contribution is 2.30. The van der Waals surface area contributed by atoms with Gasteiger partial charge in [0.25, 0.3) is 0 Å². The lowest BCUT2D eigenvalue weighted by Crippen LogP contribution is -2.11. The molecule has 1 heterocycles. The normalized spacial score (nSPS) is 12.7. The maximum Gasteiger partial charge on any atom is 0.130 e. The lowest BCUT2D eigenvalue weighted by atomic mass is 10.1. The summed E-state index contributed by atoms with van der Waals surface area (Å²) < 4.78 is 15.3. The Morgan fingerprint density at radius 1 is 1.50 bits per heavy atom. The van der Waals surface area contributed by atoms with Crippen LogP contribution in [0, 0.1) is 5.82 Å². The van der Waals surface area contributed by atoms with Gasteiger partial charge >= 0.3 is 0 Å². The van der Waals surface area contributed by atoms with Crippen molar-refractivity contribution in [1.29, 1.82) is 0 Å². The molecule has 2 aromatic rings. The lowest BCUT2D eigenvalue weighted by Gasteiger charge is -2.14. The Labute approximate surface area is 109 Å². The quantitative estimate of drug-likeness (QED) is 0.928. The van der Waals surface area contributed by atoms with Crippen LogP contribution >= 0.6 is 11.6 Å². The van der Waals surface area contributed by atoms with Crippen molar-refractivity contribution < 1.29 is 9.50 Å². The Balaban J connectivity index is 2.41. The van der Waals surface area contributed by atoms with Crippen LogP contribution in [0.2, 0.25) is 5.02 Å². The highest BCUT2D eigenvalue weighted by molar-refractivity contribution is 6.31. The largest absolute Gasteiger partial charge is 0.382 e. The van der Waals surface area contributed by atoms with Crippen molar-refractivity contribution in [2.45, 2.75) is 26.0 Å². The number of aliphatic hydroxyl groups excluding tert-OH is 1. The fraction of sp³-hybridized carbons (Fsp3) is 0.333. The van der Waals surface area contributed by atoms with E-state index >= 15 is 0 Å². The van der Waals surface area contributed by atoms with Crippen LogP contribution in [0.15, 0.2) is 24.4 Å². The van der Waals surface area contributed by atoms with Crippen LogP contribution < -0.4 is 0 Å². The molecule has 0 bridgehead atoms. The lowest BCUT2D eigenvalue weighted by molar-refractivity contribution is 0.202. The first kappa shape index (κ1) is 13.0. The molecule has 4 nitrogen and oxygen atoms in total. The molecule has 18 heavy (non-hydrogen) atoms. The van der Waals surface area contributed by atoms with Crippen molar-refractivity contribution >= 4 is 11.6 Å². The minimum absolute atomic E-state index is 0.0545. The second kappa shape index (κ2) is 5.46. The molecule has 0 aliphatic carbocycles. The number of benzene rings is 1. The first-order valence-electron chi connectivity index (χ1n) is 5.65. The summed E-state index contributed by atoms with van der Waals surface area (Å²) in [5.74, 6) is -0.542. The van der Waals surface area contributed by atoms with E-state index in [1.54, 1.807) is 4.68 Å². The Hall–Kier alpha value is -1.46. The fourth-order valence-electron chi connectivity index (χ4n) is 1.78. The van der Waals surface area contributed by atoms with Crippen LogP contribution in [0.3, 0.4) is 0 Å². The maximum absolute atomic E-state index is 13.7. The maximum atomic E-state index is 13.7. The molecule has 6 heteroatoms. The van der Waals surface area contributed by atoms with Crippen molar-refractivity contribution in [2.75, 3.05) is 0 Å². The second-order valence-corrected chi connectivity index (χ2v) is 4.33. The third kappa shape index (κ3) is 2.37. The van der Waals surface area contributed by atoms with Gasteiger partial charge in [-0.15, -0.1) is 5.10 Å². The number of hydrogen-bond donors (Lipinski definition) is 1. The molecule has 2 rings (SSSR count). The van der Waals surface area contributed by atoms with E-state index in [4.69, 9.17) is 11.6 Å². The van der Waals surface area contributed by atoms with E-state index < -0.39 is 11.9 Å². The van der Waals surface area contributed by atoms with Gasteiger partial charge in [0, 0.05) is 17.1 Å². The minimum atomic E-state index is -1.17. The molecule has 0 aliphatic heterocycles. The van der Waals surface area contributed by atoms with Gasteiger partial charge in [0.2, 0.25) is 0 Å². The molecule has 1 N–H and O–H groups in total. The van der Waals surface area contributed by atoms with E-state index in [0.29, 0.717) is 12.2 Å². The molecule has 0 fully saturated rings. The van der Waals surface area contributed by atoms with Gasteiger partial charge in [-0.3, -0.25) is 0 Å². The van der Waals surface area contributed by atoms with Crippen LogP contribution in [0.5, 0.6) is 0 Å². The molecule has 0 amide bonds. The first-order valence-corrected chi connectivity index (χ1v) is 6.03. The summed E-state index contributed by atoms with van der Waals surface area (Å²) in [6, 6.07) is 4.30. The van der Waals surface area contributed by atoms with Gasteiger partial charge in [-0.2, -0.15) is 0 Å². The number of halogens is 2. The summed E-state index contributed by atoms with van der Waals surface area (Å²) >= 11 is 5.92. The Morgan fingerprint density at radius 3 is 2.94 bits per heavy atom. The topological polar surface area (TPSA) is 50.9 Å². The number of aromatic nitrogens is 3.